The van der Waals surface area contributed by atoms with Gasteiger partial charge < -0.3 is 14.7 Å². The molecule has 0 bridgehead atoms. The van der Waals surface area contributed by atoms with E-state index in [0.29, 0.717) is 11.3 Å². The monoisotopic (exact) mass is 344 g/mol. The minimum absolute atomic E-state index is 0.0812. The Hall–Kier alpha value is -2.71. The van der Waals surface area contributed by atoms with Crippen LogP contribution >= 0.6 is 0 Å². The van der Waals surface area contributed by atoms with Crippen LogP contribution in [0.15, 0.2) is 30.5 Å². The van der Waals surface area contributed by atoms with Crippen molar-refractivity contribution < 1.29 is 32.6 Å². The number of hydrogen-bond acceptors (Lipinski definition) is 5. The van der Waals surface area contributed by atoms with E-state index in [9.17, 15) is 18.0 Å². The van der Waals surface area contributed by atoms with E-state index >= 15 is 0 Å². The van der Waals surface area contributed by atoms with Crippen LogP contribution in [0.4, 0.5) is 13.2 Å². The Bertz CT molecular complexity index is 713. The summed E-state index contributed by atoms with van der Waals surface area (Å²) in [6, 6.07) is 4.51. The SMILES string of the molecule is CCCOC(=O)c1cccc(C(F)(F)F)c1COc1ccn(O)n1. The minimum atomic E-state index is -4.66. The molecule has 2 rings (SSSR count). The van der Waals surface area contributed by atoms with Crippen LogP contribution in [0, 0.1) is 0 Å². The number of benzene rings is 1. The molecule has 0 spiro atoms. The largest absolute Gasteiger partial charge is 0.472 e. The van der Waals surface area contributed by atoms with Gasteiger partial charge in [0.1, 0.15) is 6.61 Å². The van der Waals surface area contributed by atoms with E-state index in [1.165, 1.54) is 12.1 Å². The first kappa shape index (κ1) is 17.6. The van der Waals surface area contributed by atoms with Crippen LogP contribution in [0.3, 0.4) is 0 Å². The maximum Gasteiger partial charge on any atom is 0.416 e. The molecule has 0 atom stereocenters. The Kier molecular flexibility index (Phi) is 5.32. The minimum Gasteiger partial charge on any atom is -0.472 e. The van der Waals surface area contributed by atoms with Gasteiger partial charge >= 0.3 is 12.1 Å². The van der Waals surface area contributed by atoms with Gasteiger partial charge in [-0.2, -0.15) is 13.2 Å². The van der Waals surface area contributed by atoms with Gasteiger partial charge in [0.15, 0.2) is 0 Å². The van der Waals surface area contributed by atoms with Gasteiger partial charge in [0, 0.05) is 11.6 Å². The van der Waals surface area contributed by atoms with Crippen LogP contribution in [0.2, 0.25) is 0 Å². The molecule has 2 aromatic rings. The van der Waals surface area contributed by atoms with Crippen LogP contribution in [-0.4, -0.2) is 27.7 Å². The molecule has 1 aromatic carbocycles. The molecule has 130 valence electrons. The molecule has 0 aliphatic rings. The third-order valence-corrected chi connectivity index (χ3v) is 3.05. The molecule has 0 amide bonds. The first-order chi connectivity index (χ1) is 11.3. The van der Waals surface area contributed by atoms with Crippen LogP contribution in [-0.2, 0) is 17.5 Å². The summed E-state index contributed by atoms with van der Waals surface area (Å²) in [4.78, 5) is 12.5. The fourth-order valence-corrected chi connectivity index (χ4v) is 1.99. The molecule has 1 N–H and O–H groups in total. The predicted octanol–water partition coefficient (Wildman–Crippen LogP) is 3.29. The highest BCUT2D eigenvalue weighted by Gasteiger charge is 2.35. The second kappa shape index (κ2) is 7.24. The van der Waals surface area contributed by atoms with Crippen molar-refractivity contribution >= 4 is 5.97 Å². The Morgan fingerprint density at radius 3 is 2.67 bits per heavy atom. The van der Waals surface area contributed by atoms with Gasteiger partial charge in [-0.05, 0) is 18.6 Å². The molecular weight excluding hydrogens is 329 g/mol. The van der Waals surface area contributed by atoms with Crippen molar-refractivity contribution in [2.75, 3.05) is 6.61 Å². The zero-order chi connectivity index (χ0) is 17.7. The number of nitrogens with zero attached hydrogens (tertiary/aromatic N) is 2. The average molecular weight is 344 g/mol. The Morgan fingerprint density at radius 1 is 1.33 bits per heavy atom. The number of hydrogen-bond donors (Lipinski definition) is 1. The van der Waals surface area contributed by atoms with E-state index in [0.717, 1.165) is 18.3 Å². The maximum absolute atomic E-state index is 13.2. The first-order valence-electron chi connectivity index (χ1n) is 7.07. The van der Waals surface area contributed by atoms with E-state index in [-0.39, 0.29) is 23.6 Å². The zero-order valence-corrected chi connectivity index (χ0v) is 12.7. The summed E-state index contributed by atoms with van der Waals surface area (Å²) in [7, 11) is 0. The highest BCUT2D eigenvalue weighted by Crippen LogP contribution is 2.34. The number of halogens is 3. The van der Waals surface area contributed by atoms with Crippen LogP contribution < -0.4 is 4.74 Å². The van der Waals surface area contributed by atoms with Crippen molar-refractivity contribution in [2.24, 2.45) is 0 Å². The third kappa shape index (κ3) is 4.18. The summed E-state index contributed by atoms with van der Waals surface area (Å²) in [5.41, 5.74) is -1.56. The summed E-state index contributed by atoms with van der Waals surface area (Å²) in [6.07, 6.45) is -2.96. The van der Waals surface area contributed by atoms with Gasteiger partial charge in [0.25, 0.3) is 0 Å². The van der Waals surface area contributed by atoms with Crippen molar-refractivity contribution in [1.82, 2.24) is 9.94 Å². The highest BCUT2D eigenvalue weighted by molar-refractivity contribution is 5.91. The molecule has 1 heterocycles. The zero-order valence-electron chi connectivity index (χ0n) is 12.7. The van der Waals surface area contributed by atoms with Gasteiger partial charge in [-0.1, -0.05) is 18.1 Å². The second-order valence-corrected chi connectivity index (χ2v) is 4.83. The molecule has 1 aromatic heterocycles. The van der Waals surface area contributed by atoms with Gasteiger partial charge in [0.2, 0.25) is 5.88 Å². The van der Waals surface area contributed by atoms with E-state index in [2.05, 4.69) is 5.10 Å². The number of rotatable bonds is 6. The van der Waals surface area contributed by atoms with Gasteiger partial charge in [-0.25, -0.2) is 4.79 Å². The number of alkyl halides is 3. The van der Waals surface area contributed by atoms with Gasteiger partial charge in [-0.15, -0.1) is 4.85 Å². The fourth-order valence-electron chi connectivity index (χ4n) is 1.99. The lowest BCUT2D eigenvalue weighted by Gasteiger charge is -2.16. The fraction of sp³-hybridized carbons (Fsp3) is 0.333. The second-order valence-electron chi connectivity index (χ2n) is 4.83. The molecule has 0 saturated carbocycles. The van der Waals surface area contributed by atoms with Crippen LogP contribution in [0.25, 0.3) is 0 Å². The Morgan fingerprint density at radius 2 is 2.08 bits per heavy atom. The summed E-state index contributed by atoms with van der Waals surface area (Å²) in [5.74, 6) is -0.934. The molecule has 0 aliphatic heterocycles. The maximum atomic E-state index is 13.2. The van der Waals surface area contributed by atoms with E-state index in [4.69, 9.17) is 14.7 Å². The number of aromatic nitrogens is 2. The molecular formula is C15H15F3N2O4. The summed E-state index contributed by atoms with van der Waals surface area (Å²) in [6.45, 7) is 1.32. The summed E-state index contributed by atoms with van der Waals surface area (Å²) < 4.78 is 49.7. The summed E-state index contributed by atoms with van der Waals surface area (Å²) >= 11 is 0. The number of ether oxygens (including phenoxy) is 2. The molecule has 9 heteroatoms. The number of esters is 1. The Labute approximate surface area is 135 Å². The normalized spacial score (nSPS) is 11.3. The number of carbonyl (C=O) groups is 1. The molecule has 0 unspecified atom stereocenters. The van der Waals surface area contributed by atoms with E-state index in [1.54, 1.807) is 6.92 Å². The van der Waals surface area contributed by atoms with Gasteiger partial charge in [-0.3, -0.25) is 0 Å². The van der Waals surface area contributed by atoms with Crippen molar-refractivity contribution in [1.29, 1.82) is 0 Å². The van der Waals surface area contributed by atoms with Crippen LogP contribution in [0.1, 0.15) is 34.8 Å². The van der Waals surface area contributed by atoms with Crippen LogP contribution in [0.5, 0.6) is 5.88 Å². The lowest BCUT2D eigenvalue weighted by atomic mass is 10.0. The molecule has 0 aliphatic carbocycles. The topological polar surface area (TPSA) is 73.6 Å². The smallest absolute Gasteiger partial charge is 0.416 e. The Balaban J connectivity index is 2.34. The predicted molar refractivity (Wildman–Crippen MR) is 75.8 cm³/mol. The standard InChI is InChI=1S/C15H15F3N2O4/c1-2-8-23-14(21)10-4-3-5-12(15(16,17)18)11(10)9-24-13-6-7-20(22)19-13/h3-7,22H,2,8-9H2,1H3. The van der Waals surface area contributed by atoms with Crippen molar-refractivity contribution in [3.63, 3.8) is 0 Å². The molecule has 0 fully saturated rings. The van der Waals surface area contributed by atoms with Crippen molar-refractivity contribution in [3.8, 4) is 5.88 Å². The lowest BCUT2D eigenvalue weighted by Crippen LogP contribution is -2.17. The van der Waals surface area contributed by atoms with E-state index in [1.807, 2.05) is 0 Å². The lowest BCUT2D eigenvalue weighted by molar-refractivity contribution is -0.138. The quantitative estimate of drug-likeness (QED) is 0.643. The first-order valence-corrected chi connectivity index (χ1v) is 7.07. The van der Waals surface area contributed by atoms with Crippen molar-refractivity contribution in [3.05, 3.63) is 47.2 Å². The van der Waals surface area contributed by atoms with E-state index < -0.39 is 24.3 Å². The third-order valence-electron chi connectivity index (χ3n) is 3.05. The molecule has 0 radical (unpaired) electrons. The molecule has 0 saturated heterocycles. The number of carbonyl (C=O) groups excluding carboxylic acids is 1. The molecule has 6 nitrogen and oxygen atoms in total. The molecule has 24 heavy (non-hydrogen) atoms. The van der Waals surface area contributed by atoms with Crippen molar-refractivity contribution in [2.45, 2.75) is 26.1 Å². The summed E-state index contributed by atoms with van der Waals surface area (Å²) in [5, 5.41) is 12.5. The van der Waals surface area contributed by atoms with Gasteiger partial charge in [0.05, 0.1) is 23.9 Å². The highest BCUT2D eigenvalue weighted by atomic mass is 19.4. The average Bonchev–Trinajstić information content (AvgIpc) is 2.94.